The van der Waals surface area contributed by atoms with Crippen molar-refractivity contribution in [2.45, 2.75) is 45.2 Å². The normalized spacial score (nSPS) is 11.9. The molecule has 0 amide bonds. The number of rotatable bonds is 5. The summed E-state index contributed by atoms with van der Waals surface area (Å²) in [5, 5.41) is 17.5. The summed E-state index contributed by atoms with van der Waals surface area (Å²) in [5.74, 6) is 0. The Balaban J connectivity index is 4.41. The van der Waals surface area contributed by atoms with Gasteiger partial charge in [-0.1, -0.05) is 19.8 Å². The van der Waals surface area contributed by atoms with Crippen LogP contribution in [0.3, 0.4) is 0 Å². The van der Waals surface area contributed by atoms with Gasteiger partial charge in [-0.25, -0.2) is 0 Å². The van der Waals surface area contributed by atoms with Crippen molar-refractivity contribution in [2.75, 3.05) is 0 Å². The molecule has 0 saturated heterocycles. The van der Waals surface area contributed by atoms with Gasteiger partial charge in [0, 0.05) is 6.42 Å². The Hall–Kier alpha value is -1.23. The van der Waals surface area contributed by atoms with Crippen molar-refractivity contribution in [3.63, 3.8) is 0 Å². The number of hydrogen-bond acceptors (Lipinski definition) is 2. The van der Waals surface area contributed by atoms with E-state index in [1.165, 1.54) is 0 Å². The summed E-state index contributed by atoms with van der Waals surface area (Å²) in [5.41, 5.74) is -1.47. The van der Waals surface area contributed by atoms with Crippen molar-refractivity contribution in [1.82, 2.24) is 0 Å². The number of unbranched alkanes of at least 4 members (excludes halogenated alkanes) is 1. The molecule has 0 saturated carbocycles. The van der Waals surface area contributed by atoms with Crippen molar-refractivity contribution in [3.8, 4) is 12.1 Å². The lowest BCUT2D eigenvalue weighted by Crippen LogP contribution is -2.20. The minimum absolute atomic E-state index is 0.215. The summed E-state index contributed by atoms with van der Waals surface area (Å²) in [6.45, 7) is 1.86. The zero-order valence-electron chi connectivity index (χ0n) is 8.56. The van der Waals surface area contributed by atoms with Crippen LogP contribution >= 0.6 is 0 Å². The van der Waals surface area contributed by atoms with Crippen LogP contribution in [0.4, 0.5) is 13.2 Å². The Morgan fingerprint density at radius 2 is 1.53 bits per heavy atom. The van der Waals surface area contributed by atoms with Crippen molar-refractivity contribution in [2.24, 2.45) is 5.41 Å². The summed E-state index contributed by atoms with van der Waals surface area (Å²) < 4.78 is 35.9. The first-order chi connectivity index (χ1) is 6.89. The number of alkyl halides is 3. The van der Waals surface area contributed by atoms with E-state index in [-0.39, 0.29) is 6.42 Å². The Kier molecular flexibility index (Phi) is 5.14. The van der Waals surface area contributed by atoms with Gasteiger partial charge < -0.3 is 0 Å². The van der Waals surface area contributed by atoms with Crippen LogP contribution in [0, 0.1) is 28.1 Å². The molecule has 0 aromatic rings. The molecule has 0 heterocycles. The lowest BCUT2D eigenvalue weighted by molar-refractivity contribution is -0.138. The second kappa shape index (κ2) is 5.60. The van der Waals surface area contributed by atoms with Crippen LogP contribution in [0.25, 0.3) is 0 Å². The molecule has 0 unspecified atom stereocenters. The maximum atomic E-state index is 12.0. The van der Waals surface area contributed by atoms with Crippen LogP contribution in [-0.2, 0) is 0 Å². The van der Waals surface area contributed by atoms with E-state index in [4.69, 9.17) is 10.5 Å². The lowest BCUT2D eigenvalue weighted by atomic mass is 9.81. The van der Waals surface area contributed by atoms with Crippen molar-refractivity contribution in [1.29, 1.82) is 10.5 Å². The molecule has 15 heavy (non-hydrogen) atoms. The maximum absolute atomic E-state index is 12.0. The molecule has 0 aliphatic carbocycles. The molecule has 2 nitrogen and oxygen atoms in total. The summed E-state index contributed by atoms with van der Waals surface area (Å²) in [4.78, 5) is 0. The van der Waals surface area contributed by atoms with E-state index >= 15 is 0 Å². The van der Waals surface area contributed by atoms with E-state index in [0.717, 1.165) is 6.42 Å². The Labute approximate surface area is 87.3 Å². The Bertz CT molecular complexity index is 256. The SMILES string of the molecule is CCCCC(C#N)(C#N)CCC(F)(F)F. The molecule has 0 N–H and O–H groups in total. The van der Waals surface area contributed by atoms with Crippen LogP contribution in [0.2, 0.25) is 0 Å². The zero-order valence-corrected chi connectivity index (χ0v) is 8.56. The number of nitrogens with zero attached hydrogens (tertiary/aromatic N) is 2. The van der Waals surface area contributed by atoms with Gasteiger partial charge in [-0.15, -0.1) is 0 Å². The van der Waals surface area contributed by atoms with E-state index in [1.54, 1.807) is 12.1 Å². The second-order valence-electron chi connectivity index (χ2n) is 3.52. The molecule has 0 aromatic carbocycles. The minimum atomic E-state index is -4.30. The predicted molar refractivity (Wildman–Crippen MR) is 48.5 cm³/mol. The quantitative estimate of drug-likeness (QED) is 0.708. The zero-order chi connectivity index (χ0) is 11.9. The Morgan fingerprint density at radius 1 is 1.00 bits per heavy atom. The third-order valence-electron chi connectivity index (χ3n) is 2.22. The fraction of sp³-hybridized carbons (Fsp3) is 0.800. The second-order valence-corrected chi connectivity index (χ2v) is 3.52. The van der Waals surface area contributed by atoms with Crippen LogP contribution < -0.4 is 0 Å². The number of halogens is 3. The van der Waals surface area contributed by atoms with Gasteiger partial charge in [-0.05, 0) is 12.8 Å². The van der Waals surface area contributed by atoms with Gasteiger partial charge >= 0.3 is 6.18 Å². The van der Waals surface area contributed by atoms with Crippen molar-refractivity contribution < 1.29 is 13.2 Å². The highest BCUT2D eigenvalue weighted by molar-refractivity contribution is 5.13. The maximum Gasteiger partial charge on any atom is 0.389 e. The van der Waals surface area contributed by atoms with Gasteiger partial charge in [0.1, 0.15) is 5.41 Å². The summed E-state index contributed by atoms with van der Waals surface area (Å²) in [7, 11) is 0. The molecule has 5 heteroatoms. The van der Waals surface area contributed by atoms with Crippen molar-refractivity contribution >= 4 is 0 Å². The van der Waals surface area contributed by atoms with Gasteiger partial charge in [0.05, 0.1) is 12.1 Å². The molecule has 0 aliphatic rings. The van der Waals surface area contributed by atoms with Crippen molar-refractivity contribution in [3.05, 3.63) is 0 Å². The first-order valence-corrected chi connectivity index (χ1v) is 4.78. The average molecular weight is 218 g/mol. The van der Waals surface area contributed by atoms with Gasteiger partial charge in [0.2, 0.25) is 0 Å². The third-order valence-corrected chi connectivity index (χ3v) is 2.22. The molecule has 0 aromatic heterocycles. The van der Waals surface area contributed by atoms with E-state index < -0.39 is 24.4 Å². The van der Waals surface area contributed by atoms with E-state index in [1.807, 2.05) is 6.92 Å². The number of nitriles is 2. The van der Waals surface area contributed by atoms with Gasteiger partial charge in [-0.3, -0.25) is 0 Å². The van der Waals surface area contributed by atoms with E-state index in [9.17, 15) is 13.2 Å². The summed E-state index contributed by atoms with van der Waals surface area (Å²) >= 11 is 0. The molecule has 0 spiro atoms. The lowest BCUT2D eigenvalue weighted by Gasteiger charge is -2.18. The largest absolute Gasteiger partial charge is 0.389 e. The van der Waals surface area contributed by atoms with Crippen LogP contribution in [-0.4, -0.2) is 6.18 Å². The molecule has 0 radical (unpaired) electrons. The molecular formula is C10H13F3N2. The summed E-state index contributed by atoms with van der Waals surface area (Å²) in [6, 6.07) is 3.42. The molecule has 0 aliphatic heterocycles. The van der Waals surface area contributed by atoms with Gasteiger partial charge in [-0.2, -0.15) is 23.7 Å². The monoisotopic (exact) mass is 218 g/mol. The van der Waals surface area contributed by atoms with Gasteiger partial charge in [0.25, 0.3) is 0 Å². The highest BCUT2D eigenvalue weighted by Crippen LogP contribution is 2.33. The first-order valence-electron chi connectivity index (χ1n) is 4.78. The molecule has 0 atom stereocenters. The molecular weight excluding hydrogens is 205 g/mol. The minimum Gasteiger partial charge on any atom is -0.197 e. The highest BCUT2D eigenvalue weighted by atomic mass is 19.4. The summed E-state index contributed by atoms with van der Waals surface area (Å²) in [6.07, 6.45) is -4.23. The predicted octanol–water partition coefficient (Wildman–Crippen LogP) is 3.55. The number of hydrogen-bond donors (Lipinski definition) is 0. The fourth-order valence-corrected chi connectivity index (χ4v) is 1.21. The highest BCUT2D eigenvalue weighted by Gasteiger charge is 2.36. The molecule has 0 bridgehead atoms. The van der Waals surface area contributed by atoms with E-state index in [0.29, 0.717) is 6.42 Å². The Morgan fingerprint density at radius 3 is 1.87 bits per heavy atom. The topological polar surface area (TPSA) is 47.6 Å². The first kappa shape index (κ1) is 13.8. The van der Waals surface area contributed by atoms with E-state index in [2.05, 4.69) is 0 Å². The molecule has 0 fully saturated rings. The fourth-order valence-electron chi connectivity index (χ4n) is 1.21. The van der Waals surface area contributed by atoms with Crippen LogP contribution in [0.1, 0.15) is 39.0 Å². The van der Waals surface area contributed by atoms with Crippen LogP contribution in [0.5, 0.6) is 0 Å². The molecule has 84 valence electrons. The van der Waals surface area contributed by atoms with Crippen LogP contribution in [0.15, 0.2) is 0 Å². The smallest absolute Gasteiger partial charge is 0.197 e. The third kappa shape index (κ3) is 5.27. The standard InChI is InChI=1S/C10H13F3N2/c1-2-3-4-9(7-14,8-15)5-6-10(11,12)13/h2-6H2,1H3. The molecule has 0 rings (SSSR count). The average Bonchev–Trinajstić information content (AvgIpc) is 2.18. The van der Waals surface area contributed by atoms with Gasteiger partial charge in [0.15, 0.2) is 0 Å².